The van der Waals surface area contributed by atoms with Crippen LogP contribution in [-0.4, -0.2) is 42.1 Å². The molecule has 164 valence electrons. The summed E-state index contributed by atoms with van der Waals surface area (Å²) >= 11 is 0. The van der Waals surface area contributed by atoms with Crippen LogP contribution in [-0.2, 0) is 4.79 Å². The summed E-state index contributed by atoms with van der Waals surface area (Å²) in [5, 5.41) is 3.04. The largest absolute Gasteiger partial charge is 0.352 e. The number of likely N-dealkylation sites (tertiary alicyclic amines) is 1. The number of unbranched alkanes of at least 4 members (excludes halogenated alkanes) is 1. The minimum absolute atomic E-state index is 0.0462. The molecule has 0 radical (unpaired) electrons. The fourth-order valence-corrected chi connectivity index (χ4v) is 5.32. The molecule has 1 unspecified atom stereocenters. The smallest absolute Gasteiger partial charge is 0.228 e. The Hall–Kier alpha value is -1.41. The second-order valence-electron chi connectivity index (χ2n) is 10.2. The molecule has 1 saturated heterocycles. The van der Waals surface area contributed by atoms with Crippen LogP contribution in [0.3, 0.4) is 0 Å². The molecule has 1 aliphatic carbocycles. The fraction of sp³-hybridized carbons (Fsp3) is 0.833. The van der Waals surface area contributed by atoms with Gasteiger partial charge in [0.05, 0.1) is 6.42 Å². The van der Waals surface area contributed by atoms with Gasteiger partial charge in [0, 0.05) is 25.6 Å². The van der Waals surface area contributed by atoms with Crippen LogP contribution in [0.25, 0.3) is 0 Å². The van der Waals surface area contributed by atoms with Crippen molar-refractivity contribution >= 4 is 11.9 Å². The molecule has 1 saturated carbocycles. The van der Waals surface area contributed by atoms with Crippen molar-refractivity contribution in [2.24, 2.45) is 21.7 Å². The average Bonchev–Trinajstić information content (AvgIpc) is 2.64. The zero-order valence-electron chi connectivity index (χ0n) is 19.3. The van der Waals surface area contributed by atoms with Crippen molar-refractivity contribution in [1.29, 1.82) is 0 Å². The van der Waals surface area contributed by atoms with Gasteiger partial charge in [-0.2, -0.15) is 4.39 Å². The molecule has 0 spiro atoms. The summed E-state index contributed by atoms with van der Waals surface area (Å²) in [5.74, 6) is 6.09. The lowest BCUT2D eigenvalue weighted by Gasteiger charge is -2.57. The predicted molar refractivity (Wildman–Crippen MR) is 118 cm³/mol. The minimum Gasteiger partial charge on any atom is -0.352 e. The maximum absolute atomic E-state index is 14.7. The second kappa shape index (κ2) is 10.1. The predicted octanol–water partition coefficient (Wildman–Crippen LogP) is 4.94. The summed E-state index contributed by atoms with van der Waals surface area (Å²) in [4.78, 5) is 18.8. The zero-order chi connectivity index (χ0) is 21.7. The molecule has 1 aliphatic heterocycles. The normalized spacial score (nSPS) is 23.6. The lowest BCUT2D eigenvalue weighted by atomic mass is 9.52. The fourth-order valence-electron chi connectivity index (χ4n) is 5.32. The highest BCUT2D eigenvalue weighted by atomic mass is 19.1. The number of carbonyl (C=O) groups is 1. The number of rotatable bonds is 7. The van der Waals surface area contributed by atoms with Crippen molar-refractivity contribution in [2.45, 2.75) is 98.7 Å². The number of nitrogens with one attached hydrogen (secondary N) is 1. The maximum Gasteiger partial charge on any atom is 0.228 e. The summed E-state index contributed by atoms with van der Waals surface area (Å²) in [6.45, 7) is 14.7. The van der Waals surface area contributed by atoms with Crippen molar-refractivity contribution < 1.29 is 9.18 Å². The van der Waals surface area contributed by atoms with Crippen molar-refractivity contribution in [3.8, 4) is 11.8 Å². The van der Waals surface area contributed by atoms with Crippen LogP contribution in [0.5, 0.6) is 0 Å². The van der Waals surface area contributed by atoms with Crippen LogP contribution < -0.4 is 5.32 Å². The van der Waals surface area contributed by atoms with Crippen LogP contribution in [0.15, 0.2) is 4.99 Å². The van der Waals surface area contributed by atoms with Crippen LogP contribution in [0, 0.1) is 28.6 Å². The molecule has 1 N–H and O–H groups in total. The Bertz CT molecular complexity index is 637. The minimum atomic E-state index is -0.620. The quantitative estimate of drug-likeness (QED) is 0.482. The first kappa shape index (κ1) is 23.9. The maximum atomic E-state index is 14.7. The van der Waals surface area contributed by atoms with E-state index in [2.05, 4.69) is 68.6 Å². The summed E-state index contributed by atoms with van der Waals surface area (Å²) < 4.78 is 14.7. The SMILES string of the molecule is CCCC#CC(N=C(F)CC(=O)NC1C(C)(C)CC1(C)C)N1CCC(CC)CC1. The number of carbonyl (C=O) groups excluding carboxylic acids is 1. The zero-order valence-corrected chi connectivity index (χ0v) is 19.3. The number of amides is 1. The van der Waals surface area contributed by atoms with E-state index in [0.29, 0.717) is 0 Å². The molecule has 0 aromatic rings. The first-order valence-electron chi connectivity index (χ1n) is 11.3. The molecule has 2 aliphatic rings. The molecule has 1 atom stereocenters. The summed E-state index contributed by atoms with van der Waals surface area (Å²) in [6, 6.07) is 0.0588. The summed E-state index contributed by atoms with van der Waals surface area (Å²) in [6.07, 6.45) is 5.40. The monoisotopic (exact) mass is 405 g/mol. The van der Waals surface area contributed by atoms with Gasteiger partial charge < -0.3 is 5.32 Å². The van der Waals surface area contributed by atoms with Gasteiger partial charge in [-0.05, 0) is 42.4 Å². The highest BCUT2D eigenvalue weighted by Crippen LogP contribution is 2.53. The van der Waals surface area contributed by atoms with Gasteiger partial charge in [0.1, 0.15) is 0 Å². The number of halogens is 1. The third-order valence-corrected chi connectivity index (χ3v) is 6.53. The molecular formula is C24H40FN3O. The van der Waals surface area contributed by atoms with E-state index in [1.807, 2.05) is 0 Å². The topological polar surface area (TPSA) is 44.7 Å². The molecule has 1 amide bonds. The van der Waals surface area contributed by atoms with Gasteiger partial charge in [0.25, 0.3) is 0 Å². The molecular weight excluding hydrogens is 365 g/mol. The molecule has 0 aromatic carbocycles. The Balaban J connectivity index is 2.00. The van der Waals surface area contributed by atoms with Crippen LogP contribution in [0.4, 0.5) is 4.39 Å². The number of hydrogen-bond donors (Lipinski definition) is 1. The van der Waals surface area contributed by atoms with E-state index < -0.39 is 12.1 Å². The molecule has 2 fully saturated rings. The average molecular weight is 406 g/mol. The Morgan fingerprint density at radius 1 is 1.21 bits per heavy atom. The van der Waals surface area contributed by atoms with Gasteiger partial charge in [-0.1, -0.05) is 59.8 Å². The van der Waals surface area contributed by atoms with Crippen molar-refractivity contribution in [1.82, 2.24) is 10.2 Å². The van der Waals surface area contributed by atoms with Gasteiger partial charge in [0.2, 0.25) is 5.91 Å². The molecule has 1 heterocycles. The van der Waals surface area contributed by atoms with Crippen molar-refractivity contribution in [3.05, 3.63) is 0 Å². The van der Waals surface area contributed by atoms with E-state index >= 15 is 0 Å². The lowest BCUT2D eigenvalue weighted by molar-refractivity contribution is -0.128. The number of nitrogens with zero attached hydrogens (tertiary/aromatic N) is 2. The highest BCUT2D eigenvalue weighted by Gasteiger charge is 2.53. The van der Waals surface area contributed by atoms with Crippen LogP contribution in [0.1, 0.15) is 86.5 Å². The van der Waals surface area contributed by atoms with Crippen molar-refractivity contribution in [2.75, 3.05) is 13.1 Å². The van der Waals surface area contributed by atoms with Gasteiger partial charge in [-0.3, -0.25) is 9.69 Å². The molecule has 5 heteroatoms. The highest BCUT2D eigenvalue weighted by molar-refractivity contribution is 5.96. The Morgan fingerprint density at radius 3 is 2.34 bits per heavy atom. The van der Waals surface area contributed by atoms with Crippen molar-refractivity contribution in [3.63, 3.8) is 0 Å². The standard InChI is InChI=1S/C24H40FN3O/c1-7-9-10-11-20(28-14-12-18(8-2)13-15-28)26-19(25)16-21(29)27-22-23(3,4)17-24(22,5)6/h18,20,22H,7-9,12-17H2,1-6H3,(H,27,29). The Kier molecular flexibility index (Phi) is 8.28. The van der Waals surface area contributed by atoms with Crippen LogP contribution in [0.2, 0.25) is 0 Å². The third-order valence-electron chi connectivity index (χ3n) is 6.53. The number of piperidine rings is 1. The van der Waals surface area contributed by atoms with Gasteiger partial charge in [-0.15, -0.1) is 0 Å². The van der Waals surface area contributed by atoms with Gasteiger partial charge >= 0.3 is 0 Å². The summed E-state index contributed by atoms with van der Waals surface area (Å²) in [5.41, 5.74) is 0.0924. The first-order valence-corrected chi connectivity index (χ1v) is 11.3. The second-order valence-corrected chi connectivity index (χ2v) is 10.2. The Morgan fingerprint density at radius 2 is 1.83 bits per heavy atom. The lowest BCUT2D eigenvalue weighted by Crippen LogP contribution is -2.63. The first-order chi connectivity index (χ1) is 13.6. The Labute approximate surface area is 177 Å². The van der Waals surface area contributed by atoms with E-state index in [9.17, 15) is 9.18 Å². The van der Waals surface area contributed by atoms with E-state index in [-0.39, 0.29) is 29.2 Å². The van der Waals surface area contributed by atoms with E-state index in [1.54, 1.807) is 0 Å². The summed E-state index contributed by atoms with van der Waals surface area (Å²) in [7, 11) is 0. The molecule has 0 bridgehead atoms. The molecule has 29 heavy (non-hydrogen) atoms. The van der Waals surface area contributed by atoms with Crippen LogP contribution >= 0.6 is 0 Å². The van der Waals surface area contributed by atoms with E-state index in [4.69, 9.17) is 0 Å². The third kappa shape index (κ3) is 6.54. The molecule has 2 rings (SSSR count). The van der Waals surface area contributed by atoms with E-state index in [0.717, 1.165) is 51.1 Å². The van der Waals surface area contributed by atoms with E-state index in [1.165, 1.54) is 6.42 Å². The molecule has 0 aromatic heterocycles. The number of hydrogen-bond acceptors (Lipinski definition) is 3. The van der Waals surface area contributed by atoms with Gasteiger partial charge in [0.15, 0.2) is 12.1 Å². The van der Waals surface area contributed by atoms with Gasteiger partial charge in [-0.25, -0.2) is 4.99 Å². The molecule has 4 nitrogen and oxygen atoms in total. The number of aliphatic imine (C=N–C) groups is 1.